The summed E-state index contributed by atoms with van der Waals surface area (Å²) >= 11 is 1.47. The molecule has 2 aliphatic heterocycles. The van der Waals surface area contributed by atoms with E-state index >= 15 is 0 Å². The number of hydrogen-bond acceptors (Lipinski definition) is 6. The number of aliphatic hydroxyl groups is 1. The van der Waals surface area contributed by atoms with E-state index in [1.54, 1.807) is 0 Å². The molecule has 0 unspecified atom stereocenters. The molecule has 0 aliphatic carbocycles. The highest BCUT2D eigenvalue weighted by Gasteiger charge is 2.28. The quantitative estimate of drug-likeness (QED) is 0.898. The van der Waals surface area contributed by atoms with E-state index in [0.29, 0.717) is 5.92 Å². The summed E-state index contributed by atoms with van der Waals surface area (Å²) in [6.45, 7) is 2.85. The zero-order valence-corrected chi connectivity index (χ0v) is 11.2. The van der Waals surface area contributed by atoms with Crippen LogP contribution in [-0.2, 0) is 4.74 Å². The Kier molecular flexibility index (Phi) is 3.77. The fourth-order valence-electron chi connectivity index (χ4n) is 2.74. The summed E-state index contributed by atoms with van der Waals surface area (Å²) in [4.78, 5) is 6.89. The van der Waals surface area contributed by atoms with Crippen molar-refractivity contribution in [3.05, 3.63) is 5.82 Å². The predicted molar refractivity (Wildman–Crippen MR) is 70.2 cm³/mol. The highest BCUT2D eigenvalue weighted by molar-refractivity contribution is 7.09. The van der Waals surface area contributed by atoms with Crippen LogP contribution in [0, 0.1) is 0 Å². The first-order valence-electron chi connectivity index (χ1n) is 6.67. The first-order valence-corrected chi connectivity index (χ1v) is 7.44. The van der Waals surface area contributed by atoms with Crippen LogP contribution in [0.4, 0.5) is 5.13 Å². The number of aliphatic hydroxyl groups excluding tert-OH is 1. The molecule has 2 aliphatic rings. The monoisotopic (exact) mass is 269 g/mol. The highest BCUT2D eigenvalue weighted by Crippen LogP contribution is 2.31. The molecular weight excluding hydrogens is 250 g/mol. The van der Waals surface area contributed by atoms with Crippen molar-refractivity contribution in [1.82, 2.24) is 9.36 Å². The van der Waals surface area contributed by atoms with E-state index in [1.165, 1.54) is 11.5 Å². The highest BCUT2D eigenvalue weighted by atomic mass is 32.1. The molecule has 1 N–H and O–H groups in total. The molecule has 3 heterocycles. The summed E-state index contributed by atoms with van der Waals surface area (Å²) in [6.07, 6.45) is 4.25. The number of anilines is 1. The van der Waals surface area contributed by atoms with E-state index in [-0.39, 0.29) is 12.6 Å². The van der Waals surface area contributed by atoms with Gasteiger partial charge in [0.2, 0.25) is 5.13 Å². The van der Waals surface area contributed by atoms with Crippen molar-refractivity contribution < 1.29 is 9.84 Å². The van der Waals surface area contributed by atoms with Gasteiger partial charge in [0.15, 0.2) is 0 Å². The molecule has 2 saturated heterocycles. The molecule has 1 aromatic rings. The van der Waals surface area contributed by atoms with Gasteiger partial charge in [-0.2, -0.15) is 4.37 Å². The summed E-state index contributed by atoms with van der Waals surface area (Å²) in [5, 5.41) is 10.3. The van der Waals surface area contributed by atoms with Crippen LogP contribution in [0.15, 0.2) is 0 Å². The molecule has 0 radical (unpaired) electrons. The maximum atomic E-state index is 9.35. The molecule has 5 nitrogen and oxygen atoms in total. The van der Waals surface area contributed by atoms with Gasteiger partial charge in [0.1, 0.15) is 5.82 Å². The summed E-state index contributed by atoms with van der Waals surface area (Å²) in [5.41, 5.74) is 0. The molecule has 100 valence electrons. The Morgan fingerprint density at radius 2 is 2.17 bits per heavy atom. The molecule has 6 heteroatoms. The topological polar surface area (TPSA) is 58.5 Å². The maximum absolute atomic E-state index is 9.35. The third-order valence-electron chi connectivity index (χ3n) is 3.85. The Balaban J connectivity index is 1.72. The van der Waals surface area contributed by atoms with Crippen molar-refractivity contribution in [3.63, 3.8) is 0 Å². The number of hydrogen-bond donors (Lipinski definition) is 1. The van der Waals surface area contributed by atoms with Crippen LogP contribution < -0.4 is 4.90 Å². The Morgan fingerprint density at radius 3 is 2.94 bits per heavy atom. The number of ether oxygens (including phenoxy) is 1. The van der Waals surface area contributed by atoms with E-state index in [2.05, 4.69) is 14.3 Å². The third-order valence-corrected chi connectivity index (χ3v) is 4.62. The second kappa shape index (κ2) is 5.50. The van der Waals surface area contributed by atoms with Gasteiger partial charge < -0.3 is 14.7 Å². The Labute approximate surface area is 111 Å². The second-order valence-electron chi connectivity index (χ2n) is 4.99. The van der Waals surface area contributed by atoms with Gasteiger partial charge >= 0.3 is 0 Å². The van der Waals surface area contributed by atoms with E-state index in [1.807, 2.05) is 0 Å². The number of aromatic nitrogens is 2. The fraction of sp³-hybridized carbons (Fsp3) is 0.833. The van der Waals surface area contributed by atoms with Crippen molar-refractivity contribution in [2.75, 3.05) is 31.3 Å². The smallest absolute Gasteiger partial charge is 0.205 e. The van der Waals surface area contributed by atoms with Crippen LogP contribution in [0.5, 0.6) is 0 Å². The average molecular weight is 269 g/mol. The number of rotatable bonds is 3. The van der Waals surface area contributed by atoms with Gasteiger partial charge in [-0.05, 0) is 25.7 Å². The van der Waals surface area contributed by atoms with Gasteiger partial charge in [0.05, 0.1) is 12.6 Å². The van der Waals surface area contributed by atoms with Crippen molar-refractivity contribution in [3.8, 4) is 0 Å². The van der Waals surface area contributed by atoms with E-state index in [4.69, 9.17) is 4.74 Å². The lowest BCUT2D eigenvalue weighted by atomic mass is 10.00. The van der Waals surface area contributed by atoms with Gasteiger partial charge in [0.25, 0.3) is 0 Å². The third kappa shape index (κ3) is 2.37. The van der Waals surface area contributed by atoms with Crippen LogP contribution in [-0.4, -0.2) is 46.9 Å². The maximum Gasteiger partial charge on any atom is 0.205 e. The van der Waals surface area contributed by atoms with Gasteiger partial charge in [-0.15, -0.1) is 0 Å². The first-order chi connectivity index (χ1) is 8.88. The Morgan fingerprint density at radius 1 is 1.33 bits per heavy atom. The summed E-state index contributed by atoms with van der Waals surface area (Å²) in [7, 11) is 0. The van der Waals surface area contributed by atoms with E-state index in [0.717, 1.165) is 56.4 Å². The Bertz CT molecular complexity index is 392. The Hall–Kier alpha value is -0.720. The van der Waals surface area contributed by atoms with Crippen LogP contribution in [0.2, 0.25) is 0 Å². The van der Waals surface area contributed by atoms with Crippen LogP contribution in [0.1, 0.15) is 37.4 Å². The molecule has 1 atom stereocenters. The standard InChI is InChI=1S/C12H19N3O2S/c16-8-10-2-1-5-15(10)12-13-11(14-18-12)9-3-6-17-7-4-9/h9-10,16H,1-8H2/t10-/m0/s1. The van der Waals surface area contributed by atoms with Crippen molar-refractivity contribution in [1.29, 1.82) is 0 Å². The predicted octanol–water partition coefficient (Wildman–Crippen LogP) is 1.39. The minimum Gasteiger partial charge on any atom is -0.394 e. The largest absolute Gasteiger partial charge is 0.394 e. The zero-order chi connectivity index (χ0) is 12.4. The molecule has 0 bridgehead atoms. The SMILES string of the molecule is OC[C@@H]1CCCN1c1nc(C2CCOCC2)ns1. The molecule has 0 saturated carbocycles. The van der Waals surface area contributed by atoms with Crippen LogP contribution in [0.3, 0.4) is 0 Å². The lowest BCUT2D eigenvalue weighted by Gasteiger charge is -2.22. The normalized spacial score (nSPS) is 25.8. The molecule has 0 spiro atoms. The molecule has 3 rings (SSSR count). The lowest BCUT2D eigenvalue weighted by Crippen LogP contribution is -2.31. The van der Waals surface area contributed by atoms with E-state index in [9.17, 15) is 5.11 Å². The van der Waals surface area contributed by atoms with Crippen molar-refractivity contribution in [2.24, 2.45) is 0 Å². The lowest BCUT2D eigenvalue weighted by molar-refractivity contribution is 0.0838. The second-order valence-corrected chi connectivity index (χ2v) is 5.72. The van der Waals surface area contributed by atoms with Gasteiger partial charge in [0, 0.05) is 37.2 Å². The van der Waals surface area contributed by atoms with Crippen molar-refractivity contribution >= 4 is 16.7 Å². The molecule has 0 amide bonds. The minimum absolute atomic E-state index is 0.214. The zero-order valence-electron chi connectivity index (χ0n) is 10.4. The van der Waals surface area contributed by atoms with Gasteiger partial charge in [-0.1, -0.05) is 0 Å². The summed E-state index contributed by atoms with van der Waals surface area (Å²) in [5.74, 6) is 1.43. The molecule has 0 aromatic carbocycles. The molecule has 2 fully saturated rings. The van der Waals surface area contributed by atoms with E-state index < -0.39 is 0 Å². The molecule has 18 heavy (non-hydrogen) atoms. The van der Waals surface area contributed by atoms with Gasteiger partial charge in [-0.25, -0.2) is 4.98 Å². The first kappa shape index (κ1) is 12.3. The van der Waals surface area contributed by atoms with Crippen LogP contribution in [0.25, 0.3) is 0 Å². The van der Waals surface area contributed by atoms with Gasteiger partial charge in [-0.3, -0.25) is 0 Å². The van der Waals surface area contributed by atoms with Crippen LogP contribution >= 0.6 is 11.5 Å². The van der Waals surface area contributed by atoms with Crippen molar-refractivity contribution in [2.45, 2.75) is 37.6 Å². The fourth-order valence-corrected chi connectivity index (χ4v) is 3.59. The molecule has 1 aromatic heterocycles. The summed E-state index contributed by atoms with van der Waals surface area (Å²) < 4.78 is 9.87. The summed E-state index contributed by atoms with van der Waals surface area (Å²) in [6, 6.07) is 0.237. The number of nitrogens with zero attached hydrogens (tertiary/aromatic N) is 3. The minimum atomic E-state index is 0.214. The average Bonchev–Trinajstić information content (AvgIpc) is 3.08. The molecular formula is C12H19N3O2S.